The van der Waals surface area contributed by atoms with Gasteiger partial charge in [-0.3, -0.25) is 9.59 Å². The molecule has 126 valence electrons. The van der Waals surface area contributed by atoms with Crippen LogP contribution in [0.1, 0.15) is 43.5 Å². The monoisotopic (exact) mass is 317 g/mol. The van der Waals surface area contributed by atoms with Crippen LogP contribution >= 0.6 is 0 Å². The summed E-state index contributed by atoms with van der Waals surface area (Å²) >= 11 is 0. The van der Waals surface area contributed by atoms with Gasteiger partial charge < -0.3 is 15.1 Å². The highest BCUT2D eigenvalue weighted by Gasteiger charge is 2.24. The minimum atomic E-state index is -0.483. The predicted molar refractivity (Wildman–Crippen MR) is 92.7 cm³/mol. The molecule has 0 radical (unpaired) electrons. The summed E-state index contributed by atoms with van der Waals surface area (Å²) in [7, 11) is 2.04. The number of nitrogens with one attached hydrogen (secondary N) is 1. The van der Waals surface area contributed by atoms with E-state index in [1.165, 1.54) is 0 Å². The molecule has 0 unspecified atom stereocenters. The average Bonchev–Trinajstić information content (AvgIpc) is 3.08. The van der Waals surface area contributed by atoms with Crippen LogP contribution < -0.4 is 10.2 Å². The molecule has 2 rings (SSSR count). The Bertz CT molecular complexity index is 536. The Balaban J connectivity index is 1.93. The van der Waals surface area contributed by atoms with Crippen molar-refractivity contribution >= 4 is 17.5 Å². The van der Waals surface area contributed by atoms with Gasteiger partial charge in [0.15, 0.2) is 0 Å². The summed E-state index contributed by atoms with van der Waals surface area (Å²) in [5.41, 5.74) is 1.67. The van der Waals surface area contributed by atoms with Gasteiger partial charge in [-0.25, -0.2) is 0 Å². The molecule has 1 N–H and O–H groups in total. The van der Waals surface area contributed by atoms with E-state index in [9.17, 15) is 9.59 Å². The van der Waals surface area contributed by atoms with Crippen molar-refractivity contribution in [2.45, 2.75) is 39.2 Å². The zero-order valence-electron chi connectivity index (χ0n) is 14.3. The van der Waals surface area contributed by atoms with Crippen molar-refractivity contribution in [1.82, 2.24) is 10.2 Å². The molecule has 1 heterocycles. The van der Waals surface area contributed by atoms with E-state index in [1.54, 1.807) is 6.92 Å². The molecule has 0 bridgehead atoms. The molecule has 2 amide bonds. The first kappa shape index (κ1) is 17.3. The van der Waals surface area contributed by atoms with E-state index < -0.39 is 6.04 Å². The number of nitrogens with zero attached hydrogens (tertiary/aromatic N) is 2. The van der Waals surface area contributed by atoms with Crippen molar-refractivity contribution in [2.24, 2.45) is 0 Å². The van der Waals surface area contributed by atoms with Crippen molar-refractivity contribution in [1.29, 1.82) is 0 Å². The van der Waals surface area contributed by atoms with Crippen molar-refractivity contribution in [3.8, 4) is 0 Å². The lowest BCUT2D eigenvalue weighted by Gasteiger charge is -2.21. The van der Waals surface area contributed by atoms with Crippen LogP contribution in [0, 0.1) is 0 Å². The first-order chi connectivity index (χ1) is 11.0. The number of carbonyl (C=O) groups is 2. The molecule has 1 fully saturated rings. The number of carbonyl (C=O) groups excluding carboxylic acids is 2. The smallest absolute Gasteiger partial charge is 0.251 e. The maximum Gasteiger partial charge on any atom is 0.251 e. The molecule has 0 aromatic heterocycles. The summed E-state index contributed by atoms with van der Waals surface area (Å²) in [6.07, 6.45) is 3.19. The van der Waals surface area contributed by atoms with Crippen molar-refractivity contribution in [2.75, 3.05) is 31.6 Å². The molecular weight excluding hydrogens is 290 g/mol. The van der Waals surface area contributed by atoms with Crippen molar-refractivity contribution in [3.05, 3.63) is 29.8 Å². The van der Waals surface area contributed by atoms with E-state index in [1.807, 2.05) is 36.2 Å². The summed E-state index contributed by atoms with van der Waals surface area (Å²) in [5.74, 6) is -0.190. The fraction of sp³-hybridized carbons (Fsp3) is 0.556. The highest BCUT2D eigenvalue weighted by atomic mass is 16.2. The summed E-state index contributed by atoms with van der Waals surface area (Å²) < 4.78 is 0. The molecule has 0 aliphatic carbocycles. The lowest BCUT2D eigenvalue weighted by atomic mass is 10.1. The second kappa shape index (κ2) is 7.99. The quantitative estimate of drug-likeness (QED) is 0.876. The first-order valence-corrected chi connectivity index (χ1v) is 8.43. The molecule has 1 aliphatic heterocycles. The van der Waals surface area contributed by atoms with Gasteiger partial charge in [0, 0.05) is 37.9 Å². The van der Waals surface area contributed by atoms with Gasteiger partial charge in [0.1, 0.15) is 6.04 Å². The molecule has 1 aromatic rings. The average molecular weight is 317 g/mol. The predicted octanol–water partition coefficient (Wildman–Crippen LogP) is 2.27. The van der Waals surface area contributed by atoms with Crippen LogP contribution in [0.5, 0.6) is 0 Å². The highest BCUT2D eigenvalue weighted by molar-refractivity contribution is 5.97. The minimum absolute atomic E-state index is 0.00940. The Morgan fingerprint density at radius 1 is 1.22 bits per heavy atom. The third-order valence-electron chi connectivity index (χ3n) is 4.27. The van der Waals surface area contributed by atoms with Gasteiger partial charge in [0.25, 0.3) is 5.91 Å². The van der Waals surface area contributed by atoms with E-state index in [0.717, 1.165) is 44.6 Å². The van der Waals surface area contributed by atoms with Gasteiger partial charge in [0.2, 0.25) is 5.91 Å². The molecule has 1 aliphatic rings. The fourth-order valence-corrected chi connectivity index (χ4v) is 2.88. The van der Waals surface area contributed by atoms with Gasteiger partial charge in [-0.05, 0) is 50.5 Å². The Labute approximate surface area is 138 Å². The van der Waals surface area contributed by atoms with Crippen LogP contribution in [-0.4, -0.2) is 49.4 Å². The van der Waals surface area contributed by atoms with Gasteiger partial charge in [-0.15, -0.1) is 0 Å². The second-order valence-corrected chi connectivity index (χ2v) is 6.20. The van der Waals surface area contributed by atoms with E-state index in [0.29, 0.717) is 5.56 Å². The maximum atomic E-state index is 12.3. The van der Waals surface area contributed by atoms with Gasteiger partial charge in [-0.1, -0.05) is 6.92 Å². The maximum absolute atomic E-state index is 12.3. The third-order valence-corrected chi connectivity index (χ3v) is 4.27. The molecule has 1 saturated heterocycles. The largest absolute Gasteiger partial charge is 0.375 e. The number of benzene rings is 1. The molecule has 23 heavy (non-hydrogen) atoms. The fourth-order valence-electron chi connectivity index (χ4n) is 2.88. The number of hydrogen-bond acceptors (Lipinski definition) is 3. The molecule has 5 heteroatoms. The minimum Gasteiger partial charge on any atom is -0.375 e. The number of hydrogen-bond donors (Lipinski definition) is 1. The summed E-state index contributed by atoms with van der Waals surface area (Å²) in [4.78, 5) is 28.5. The van der Waals surface area contributed by atoms with Crippen LogP contribution in [0.4, 0.5) is 5.69 Å². The molecular formula is C18H27N3O2. The van der Waals surface area contributed by atoms with Crippen LogP contribution in [-0.2, 0) is 4.79 Å². The number of likely N-dealkylation sites (tertiary alicyclic amines) is 1. The Hall–Kier alpha value is -2.04. The summed E-state index contributed by atoms with van der Waals surface area (Å²) in [5, 5.41) is 2.80. The SMILES string of the molecule is CCCN(C)c1ccc(C(=O)N[C@H](C)C(=O)N2CCCC2)cc1. The molecule has 0 spiro atoms. The van der Waals surface area contributed by atoms with Gasteiger partial charge in [-0.2, -0.15) is 0 Å². The Kier molecular flexibility index (Phi) is 6.02. The first-order valence-electron chi connectivity index (χ1n) is 8.43. The Morgan fingerprint density at radius 2 is 1.83 bits per heavy atom. The van der Waals surface area contributed by atoms with E-state index in [-0.39, 0.29) is 11.8 Å². The zero-order valence-corrected chi connectivity index (χ0v) is 14.3. The van der Waals surface area contributed by atoms with Crippen LogP contribution in [0.2, 0.25) is 0 Å². The van der Waals surface area contributed by atoms with E-state index in [4.69, 9.17) is 0 Å². The van der Waals surface area contributed by atoms with Gasteiger partial charge >= 0.3 is 0 Å². The van der Waals surface area contributed by atoms with E-state index >= 15 is 0 Å². The van der Waals surface area contributed by atoms with Crippen LogP contribution in [0.25, 0.3) is 0 Å². The normalized spacial score (nSPS) is 15.3. The van der Waals surface area contributed by atoms with E-state index in [2.05, 4.69) is 17.1 Å². The lowest BCUT2D eigenvalue weighted by Crippen LogP contribution is -2.45. The summed E-state index contributed by atoms with van der Waals surface area (Å²) in [6, 6.07) is 7.02. The van der Waals surface area contributed by atoms with Crippen molar-refractivity contribution in [3.63, 3.8) is 0 Å². The molecule has 1 aromatic carbocycles. The lowest BCUT2D eigenvalue weighted by molar-refractivity contribution is -0.131. The standard InChI is InChI=1S/C18H27N3O2/c1-4-11-20(3)16-9-7-15(8-10-16)17(22)19-14(2)18(23)21-12-5-6-13-21/h7-10,14H,4-6,11-13H2,1-3H3,(H,19,22)/t14-/m1/s1. The molecule has 0 saturated carbocycles. The van der Waals surface area contributed by atoms with Crippen LogP contribution in [0.15, 0.2) is 24.3 Å². The Morgan fingerprint density at radius 3 is 2.39 bits per heavy atom. The second-order valence-electron chi connectivity index (χ2n) is 6.20. The van der Waals surface area contributed by atoms with Crippen LogP contribution in [0.3, 0.4) is 0 Å². The molecule has 5 nitrogen and oxygen atoms in total. The highest BCUT2D eigenvalue weighted by Crippen LogP contribution is 2.14. The van der Waals surface area contributed by atoms with Crippen molar-refractivity contribution < 1.29 is 9.59 Å². The number of anilines is 1. The number of rotatable bonds is 6. The topological polar surface area (TPSA) is 52.7 Å². The zero-order chi connectivity index (χ0) is 16.8. The van der Waals surface area contributed by atoms with Gasteiger partial charge in [0.05, 0.1) is 0 Å². The summed E-state index contributed by atoms with van der Waals surface area (Å²) in [6.45, 7) is 6.47. The third kappa shape index (κ3) is 4.47. The number of amides is 2. The molecule has 1 atom stereocenters.